The Balaban J connectivity index is 2.45. The number of hydrogen-bond donors (Lipinski definition) is 1. The van der Waals surface area contributed by atoms with Gasteiger partial charge in [-0.2, -0.15) is 0 Å². The highest BCUT2D eigenvalue weighted by Gasteiger charge is 2.57. The molecule has 5 heteroatoms. The molecule has 0 spiro atoms. The van der Waals surface area contributed by atoms with Gasteiger partial charge in [0.1, 0.15) is 0 Å². The van der Waals surface area contributed by atoms with Gasteiger partial charge in [-0.3, -0.25) is 0 Å². The molecular formula is C33H41NO3Si. The summed E-state index contributed by atoms with van der Waals surface area (Å²) in [6.07, 6.45) is 6.63. The van der Waals surface area contributed by atoms with Crippen LogP contribution in [-0.4, -0.2) is 35.2 Å². The van der Waals surface area contributed by atoms with E-state index in [1.54, 1.807) is 14.2 Å². The van der Waals surface area contributed by atoms with Crippen molar-refractivity contribution < 1.29 is 13.3 Å². The number of hydrogen-bond acceptors (Lipinski definition) is 4. The van der Waals surface area contributed by atoms with E-state index in [1.807, 2.05) is 72.8 Å². The summed E-state index contributed by atoms with van der Waals surface area (Å²) < 4.78 is 19.8. The first-order chi connectivity index (χ1) is 18.6. The Morgan fingerprint density at radius 3 is 1.29 bits per heavy atom. The zero-order chi connectivity index (χ0) is 27.4. The quantitative estimate of drug-likeness (QED) is 0.158. The summed E-state index contributed by atoms with van der Waals surface area (Å²) >= 11 is 0. The Hall–Kier alpha value is -3.06. The van der Waals surface area contributed by atoms with Gasteiger partial charge in [0, 0.05) is 38.0 Å². The standard InChI is InChI=1S/C33H41NO3Si/c1-6-30(27-19-12-9-13-20-27)33(31(7-2)28-21-14-10-15-22-28,32(8-3)29-23-16-11-17-24-29)37-38(35-4,36-5)26-18-25-34/h6-17,19-24,30-32H,1-3,18,25-26,34H2,4-5H3. The van der Waals surface area contributed by atoms with Crippen LogP contribution in [0.25, 0.3) is 0 Å². The van der Waals surface area contributed by atoms with E-state index in [-0.39, 0.29) is 17.8 Å². The van der Waals surface area contributed by atoms with Crippen molar-refractivity contribution in [1.82, 2.24) is 0 Å². The van der Waals surface area contributed by atoms with Gasteiger partial charge in [0.15, 0.2) is 0 Å². The zero-order valence-electron chi connectivity index (χ0n) is 22.7. The molecule has 0 amide bonds. The molecular weight excluding hydrogens is 486 g/mol. The molecule has 3 aromatic rings. The van der Waals surface area contributed by atoms with E-state index < -0.39 is 14.4 Å². The van der Waals surface area contributed by atoms with Crippen LogP contribution in [0.3, 0.4) is 0 Å². The van der Waals surface area contributed by atoms with Crippen LogP contribution in [0.2, 0.25) is 6.04 Å². The maximum Gasteiger partial charge on any atom is 0.500 e. The van der Waals surface area contributed by atoms with Gasteiger partial charge in [0.2, 0.25) is 0 Å². The molecule has 4 nitrogen and oxygen atoms in total. The fourth-order valence-electron chi connectivity index (χ4n) is 5.50. The lowest BCUT2D eigenvalue weighted by Crippen LogP contribution is -2.59. The summed E-state index contributed by atoms with van der Waals surface area (Å²) in [5.74, 6) is -0.819. The van der Waals surface area contributed by atoms with Crippen molar-refractivity contribution in [3.8, 4) is 0 Å². The minimum absolute atomic E-state index is 0.273. The van der Waals surface area contributed by atoms with E-state index in [4.69, 9.17) is 19.0 Å². The highest BCUT2D eigenvalue weighted by atomic mass is 28.4. The normalized spacial score (nSPS) is 15.6. The number of nitrogens with two attached hydrogens (primary N) is 1. The molecule has 0 aliphatic carbocycles. The van der Waals surface area contributed by atoms with Crippen LogP contribution in [0.4, 0.5) is 0 Å². The van der Waals surface area contributed by atoms with Gasteiger partial charge in [-0.05, 0) is 29.7 Å². The molecule has 0 bridgehead atoms. The van der Waals surface area contributed by atoms with Gasteiger partial charge < -0.3 is 19.0 Å². The monoisotopic (exact) mass is 527 g/mol. The molecule has 0 radical (unpaired) electrons. The van der Waals surface area contributed by atoms with Crippen molar-refractivity contribution in [3.05, 3.63) is 146 Å². The van der Waals surface area contributed by atoms with E-state index >= 15 is 0 Å². The Bertz CT molecular complexity index is 1010. The predicted octanol–water partition coefficient (Wildman–Crippen LogP) is 7.23. The van der Waals surface area contributed by atoms with E-state index in [1.165, 1.54) is 0 Å². The van der Waals surface area contributed by atoms with Crippen LogP contribution >= 0.6 is 0 Å². The third-order valence-electron chi connectivity index (χ3n) is 7.28. The Morgan fingerprint density at radius 1 is 0.684 bits per heavy atom. The van der Waals surface area contributed by atoms with E-state index in [0.29, 0.717) is 19.0 Å². The zero-order valence-corrected chi connectivity index (χ0v) is 23.7. The summed E-state index contributed by atoms with van der Waals surface area (Å²) in [5, 5.41) is 0. The lowest BCUT2D eigenvalue weighted by Gasteiger charge is -2.52. The van der Waals surface area contributed by atoms with Crippen LogP contribution in [0, 0.1) is 0 Å². The summed E-state index contributed by atoms with van der Waals surface area (Å²) in [6, 6.07) is 31.6. The van der Waals surface area contributed by atoms with E-state index in [9.17, 15) is 0 Å². The first-order valence-corrected chi connectivity index (χ1v) is 15.0. The van der Waals surface area contributed by atoms with Crippen LogP contribution in [0.1, 0.15) is 40.9 Å². The second-order valence-corrected chi connectivity index (χ2v) is 12.2. The largest absolute Gasteiger partial charge is 0.500 e. The second kappa shape index (κ2) is 14.2. The van der Waals surface area contributed by atoms with Crippen molar-refractivity contribution >= 4 is 8.80 Å². The smallest absolute Gasteiger partial charge is 0.377 e. The minimum atomic E-state index is -3.26. The molecule has 3 rings (SSSR count). The summed E-state index contributed by atoms with van der Waals surface area (Å²) in [7, 11) is 0.0730. The van der Waals surface area contributed by atoms with Crippen molar-refractivity contribution in [2.75, 3.05) is 20.8 Å². The highest BCUT2D eigenvalue weighted by molar-refractivity contribution is 6.60. The molecule has 3 unspecified atom stereocenters. The molecule has 0 aliphatic heterocycles. The molecule has 0 heterocycles. The van der Waals surface area contributed by atoms with Crippen LogP contribution in [-0.2, 0) is 13.3 Å². The fourth-order valence-corrected chi connectivity index (χ4v) is 7.90. The summed E-state index contributed by atoms with van der Waals surface area (Å²) in [4.78, 5) is 0. The predicted molar refractivity (Wildman–Crippen MR) is 160 cm³/mol. The third-order valence-corrected chi connectivity index (χ3v) is 10.2. The molecule has 2 N–H and O–H groups in total. The average molecular weight is 528 g/mol. The van der Waals surface area contributed by atoms with Gasteiger partial charge in [0.25, 0.3) is 0 Å². The molecule has 0 aliphatic rings. The van der Waals surface area contributed by atoms with E-state index in [2.05, 4.69) is 56.1 Å². The third kappa shape index (κ3) is 6.15. The van der Waals surface area contributed by atoms with Crippen molar-refractivity contribution in [1.29, 1.82) is 0 Å². The maximum absolute atomic E-state index is 7.47. The Labute approximate surface area is 229 Å². The van der Waals surface area contributed by atoms with Crippen molar-refractivity contribution in [3.63, 3.8) is 0 Å². The van der Waals surface area contributed by atoms with Crippen LogP contribution in [0.15, 0.2) is 129 Å². The highest BCUT2D eigenvalue weighted by Crippen LogP contribution is 2.54. The van der Waals surface area contributed by atoms with Crippen molar-refractivity contribution in [2.24, 2.45) is 5.73 Å². The molecule has 3 atom stereocenters. The first-order valence-electron chi connectivity index (χ1n) is 13.1. The Morgan fingerprint density at radius 2 is 1.03 bits per heavy atom. The lowest BCUT2D eigenvalue weighted by atomic mass is 9.63. The lowest BCUT2D eigenvalue weighted by molar-refractivity contribution is -0.0462. The molecule has 0 saturated heterocycles. The molecule has 200 valence electrons. The van der Waals surface area contributed by atoms with Gasteiger partial charge in [-0.15, -0.1) is 19.7 Å². The van der Waals surface area contributed by atoms with Gasteiger partial charge in [-0.1, -0.05) is 109 Å². The fraction of sp³-hybridized carbons (Fsp3) is 0.273. The number of rotatable bonds is 16. The number of benzene rings is 3. The van der Waals surface area contributed by atoms with Gasteiger partial charge in [0.05, 0.1) is 5.60 Å². The average Bonchev–Trinajstić information content (AvgIpc) is 2.98. The summed E-state index contributed by atoms with van der Waals surface area (Å²) in [6.45, 7) is 13.5. The topological polar surface area (TPSA) is 53.7 Å². The van der Waals surface area contributed by atoms with Gasteiger partial charge >= 0.3 is 8.80 Å². The van der Waals surface area contributed by atoms with Crippen LogP contribution < -0.4 is 5.73 Å². The minimum Gasteiger partial charge on any atom is -0.377 e. The molecule has 3 aromatic carbocycles. The SMILES string of the molecule is C=CC(c1ccccc1)C(O[Si](CCCN)(OC)OC)(C(C=C)c1ccccc1)C(C=C)c1ccccc1. The second-order valence-electron chi connectivity index (χ2n) is 9.31. The molecule has 0 aromatic heterocycles. The van der Waals surface area contributed by atoms with Crippen LogP contribution in [0.5, 0.6) is 0 Å². The molecule has 38 heavy (non-hydrogen) atoms. The first kappa shape index (κ1) is 29.5. The van der Waals surface area contributed by atoms with Crippen molar-refractivity contribution in [2.45, 2.75) is 35.8 Å². The molecule has 0 saturated carbocycles. The summed E-state index contributed by atoms with van der Waals surface area (Å²) in [5.41, 5.74) is 8.18. The Kier molecular flexibility index (Phi) is 11.0. The molecule has 0 fully saturated rings. The van der Waals surface area contributed by atoms with E-state index in [0.717, 1.165) is 16.7 Å². The maximum atomic E-state index is 7.47. The van der Waals surface area contributed by atoms with Gasteiger partial charge in [-0.25, -0.2) is 0 Å².